The summed E-state index contributed by atoms with van der Waals surface area (Å²) >= 11 is 0. The molecule has 3 rings (SSSR count). The zero-order valence-electron chi connectivity index (χ0n) is 12.1. The van der Waals surface area contributed by atoms with Gasteiger partial charge >= 0.3 is 0 Å². The van der Waals surface area contributed by atoms with Gasteiger partial charge in [0.25, 0.3) is 0 Å². The number of hydrogen-bond donors (Lipinski definition) is 0. The minimum absolute atomic E-state index is 0.0856. The largest absolute Gasteiger partial charge is 0.482 e. The molecular formula is C18H15FO3. The van der Waals surface area contributed by atoms with Gasteiger partial charge in [-0.3, -0.25) is 9.59 Å². The summed E-state index contributed by atoms with van der Waals surface area (Å²) in [6, 6.07) is 13.0. The van der Waals surface area contributed by atoms with Crippen molar-refractivity contribution in [1.82, 2.24) is 0 Å². The highest BCUT2D eigenvalue weighted by Crippen LogP contribution is 2.41. The van der Waals surface area contributed by atoms with Gasteiger partial charge in [0.1, 0.15) is 11.6 Å². The first-order valence-corrected chi connectivity index (χ1v) is 7.11. The molecule has 0 fully saturated rings. The minimum atomic E-state index is -0.732. The van der Waals surface area contributed by atoms with Crippen molar-refractivity contribution in [3.05, 3.63) is 65.5 Å². The number of ketones is 2. The molecule has 3 nitrogen and oxygen atoms in total. The molecule has 0 saturated heterocycles. The quantitative estimate of drug-likeness (QED) is 0.811. The topological polar surface area (TPSA) is 43.4 Å². The smallest absolute Gasteiger partial charge is 0.170 e. The lowest BCUT2D eigenvalue weighted by Crippen LogP contribution is -2.28. The molecule has 112 valence electrons. The predicted octanol–water partition coefficient (Wildman–Crippen LogP) is 3.53. The molecule has 0 saturated carbocycles. The molecule has 0 unspecified atom stereocenters. The standard InChI is InChI=1S/C18H15FO3/c1-11(20)18-15(10-16(21)12-5-3-2-4-6-12)14-9-13(19)7-8-17(14)22-18/h2-9,15,18H,10H2,1H3/t15-,18+/m0/s1. The lowest BCUT2D eigenvalue weighted by molar-refractivity contribution is -0.123. The summed E-state index contributed by atoms with van der Waals surface area (Å²) in [5.41, 5.74) is 1.17. The molecule has 0 aliphatic carbocycles. The van der Waals surface area contributed by atoms with Gasteiger partial charge < -0.3 is 4.74 Å². The van der Waals surface area contributed by atoms with Gasteiger partial charge in [0.15, 0.2) is 17.7 Å². The highest BCUT2D eigenvalue weighted by Gasteiger charge is 2.38. The summed E-state index contributed by atoms with van der Waals surface area (Å²) in [7, 11) is 0. The molecule has 2 aromatic rings. The molecule has 1 heterocycles. The predicted molar refractivity (Wildman–Crippen MR) is 79.6 cm³/mol. The second-order valence-corrected chi connectivity index (χ2v) is 5.43. The average Bonchev–Trinajstić information content (AvgIpc) is 2.86. The molecular weight excluding hydrogens is 283 g/mol. The summed E-state index contributed by atoms with van der Waals surface area (Å²) in [6.45, 7) is 1.42. The average molecular weight is 298 g/mol. The highest BCUT2D eigenvalue weighted by atomic mass is 19.1. The van der Waals surface area contributed by atoms with Gasteiger partial charge in [-0.25, -0.2) is 4.39 Å². The maximum atomic E-state index is 13.5. The Kier molecular flexibility index (Phi) is 3.75. The molecule has 0 spiro atoms. The molecule has 1 aliphatic rings. The molecule has 0 amide bonds. The van der Waals surface area contributed by atoms with Crippen LogP contribution in [0.5, 0.6) is 5.75 Å². The summed E-state index contributed by atoms with van der Waals surface area (Å²) < 4.78 is 19.1. The molecule has 2 atom stereocenters. The fourth-order valence-electron chi connectivity index (χ4n) is 2.82. The fraction of sp³-hybridized carbons (Fsp3) is 0.222. The van der Waals surface area contributed by atoms with Gasteiger partial charge in [0, 0.05) is 23.5 Å². The Morgan fingerprint density at radius 3 is 2.55 bits per heavy atom. The van der Waals surface area contributed by atoms with Crippen LogP contribution in [0.1, 0.15) is 35.2 Å². The monoisotopic (exact) mass is 298 g/mol. The SMILES string of the molecule is CC(=O)[C@H]1Oc2ccc(F)cc2[C@@H]1CC(=O)c1ccccc1. The maximum absolute atomic E-state index is 13.5. The number of rotatable bonds is 4. The van der Waals surface area contributed by atoms with Crippen molar-refractivity contribution in [2.45, 2.75) is 25.4 Å². The Labute approximate surface area is 127 Å². The third kappa shape index (κ3) is 2.64. The van der Waals surface area contributed by atoms with E-state index in [0.29, 0.717) is 16.9 Å². The number of fused-ring (bicyclic) bond motifs is 1. The summed E-state index contributed by atoms with van der Waals surface area (Å²) in [4.78, 5) is 24.2. The van der Waals surface area contributed by atoms with E-state index in [0.717, 1.165) is 0 Å². The zero-order chi connectivity index (χ0) is 15.7. The maximum Gasteiger partial charge on any atom is 0.170 e. The lowest BCUT2D eigenvalue weighted by Gasteiger charge is -2.15. The van der Waals surface area contributed by atoms with Crippen molar-refractivity contribution in [3.8, 4) is 5.75 Å². The Bertz CT molecular complexity index is 724. The molecule has 4 heteroatoms. The first kappa shape index (κ1) is 14.4. The van der Waals surface area contributed by atoms with E-state index in [-0.39, 0.29) is 18.0 Å². The third-order valence-electron chi connectivity index (χ3n) is 3.89. The second kappa shape index (κ2) is 5.72. The van der Waals surface area contributed by atoms with Gasteiger partial charge in [-0.15, -0.1) is 0 Å². The van der Waals surface area contributed by atoms with Crippen LogP contribution < -0.4 is 4.74 Å². The van der Waals surface area contributed by atoms with Gasteiger partial charge in [0.2, 0.25) is 0 Å². The van der Waals surface area contributed by atoms with E-state index in [1.54, 1.807) is 24.3 Å². The van der Waals surface area contributed by atoms with Gasteiger partial charge in [-0.1, -0.05) is 30.3 Å². The molecule has 0 aromatic heterocycles. The van der Waals surface area contributed by atoms with E-state index < -0.39 is 17.8 Å². The van der Waals surface area contributed by atoms with Crippen LogP contribution in [0.4, 0.5) is 4.39 Å². The van der Waals surface area contributed by atoms with Crippen molar-refractivity contribution in [3.63, 3.8) is 0 Å². The highest BCUT2D eigenvalue weighted by molar-refractivity contribution is 5.97. The van der Waals surface area contributed by atoms with E-state index in [1.807, 2.05) is 6.07 Å². The van der Waals surface area contributed by atoms with E-state index >= 15 is 0 Å². The van der Waals surface area contributed by atoms with Crippen molar-refractivity contribution < 1.29 is 18.7 Å². The number of benzene rings is 2. The number of hydrogen-bond acceptors (Lipinski definition) is 3. The van der Waals surface area contributed by atoms with Crippen LogP contribution in [-0.2, 0) is 4.79 Å². The Hall–Kier alpha value is -2.49. The van der Waals surface area contributed by atoms with Crippen LogP contribution in [0.15, 0.2) is 48.5 Å². The molecule has 22 heavy (non-hydrogen) atoms. The van der Waals surface area contributed by atoms with Crippen molar-refractivity contribution >= 4 is 11.6 Å². The van der Waals surface area contributed by atoms with E-state index in [4.69, 9.17) is 4.74 Å². The first-order valence-electron chi connectivity index (χ1n) is 7.11. The van der Waals surface area contributed by atoms with Gasteiger partial charge in [-0.2, -0.15) is 0 Å². The number of halogens is 1. The minimum Gasteiger partial charge on any atom is -0.482 e. The van der Waals surface area contributed by atoms with Crippen LogP contribution in [0, 0.1) is 5.82 Å². The van der Waals surface area contributed by atoms with Crippen LogP contribution in [0.3, 0.4) is 0 Å². The molecule has 0 bridgehead atoms. The summed E-state index contributed by atoms with van der Waals surface area (Å²) in [5.74, 6) is -0.618. The van der Waals surface area contributed by atoms with Gasteiger partial charge in [0.05, 0.1) is 0 Å². The summed E-state index contributed by atoms with van der Waals surface area (Å²) in [5, 5.41) is 0. The van der Waals surface area contributed by atoms with E-state index in [2.05, 4.69) is 0 Å². The second-order valence-electron chi connectivity index (χ2n) is 5.43. The molecule has 0 N–H and O–H groups in total. The van der Waals surface area contributed by atoms with Crippen LogP contribution in [0.25, 0.3) is 0 Å². The van der Waals surface area contributed by atoms with Gasteiger partial charge in [-0.05, 0) is 25.1 Å². The Morgan fingerprint density at radius 2 is 1.86 bits per heavy atom. The number of carbonyl (C=O) groups is 2. The Morgan fingerprint density at radius 1 is 1.14 bits per heavy atom. The Balaban J connectivity index is 1.92. The van der Waals surface area contributed by atoms with E-state index in [9.17, 15) is 14.0 Å². The van der Waals surface area contributed by atoms with Crippen LogP contribution >= 0.6 is 0 Å². The lowest BCUT2D eigenvalue weighted by atomic mass is 9.87. The number of carbonyl (C=O) groups excluding carboxylic acids is 2. The van der Waals surface area contributed by atoms with E-state index in [1.165, 1.54) is 25.1 Å². The molecule has 2 aromatic carbocycles. The third-order valence-corrected chi connectivity index (χ3v) is 3.89. The first-order chi connectivity index (χ1) is 10.6. The fourth-order valence-corrected chi connectivity index (χ4v) is 2.82. The van der Waals surface area contributed by atoms with Crippen LogP contribution in [-0.4, -0.2) is 17.7 Å². The number of Topliss-reactive ketones (excluding diaryl/α,β-unsaturated/α-hetero) is 2. The zero-order valence-corrected chi connectivity index (χ0v) is 12.1. The number of ether oxygens (including phenoxy) is 1. The van der Waals surface area contributed by atoms with Crippen molar-refractivity contribution in [2.24, 2.45) is 0 Å². The normalized spacial score (nSPS) is 19.4. The van der Waals surface area contributed by atoms with Crippen LogP contribution in [0.2, 0.25) is 0 Å². The summed E-state index contributed by atoms with van der Waals surface area (Å²) in [6.07, 6.45) is -0.616. The van der Waals surface area contributed by atoms with Crippen molar-refractivity contribution in [1.29, 1.82) is 0 Å². The molecule has 0 radical (unpaired) electrons. The van der Waals surface area contributed by atoms with Crippen molar-refractivity contribution in [2.75, 3.05) is 0 Å². The molecule has 1 aliphatic heterocycles.